The molecule has 0 bridgehead atoms. The number of rotatable bonds is 5. The summed E-state index contributed by atoms with van der Waals surface area (Å²) in [5, 5.41) is 2.98. The number of piperidine rings is 1. The Morgan fingerprint density at radius 2 is 2.04 bits per heavy atom. The molecule has 2 aliphatic rings. The topological polar surface area (TPSA) is 61.0 Å². The van der Waals surface area contributed by atoms with Crippen LogP contribution in [0.15, 0.2) is 18.2 Å². The van der Waals surface area contributed by atoms with Gasteiger partial charge in [0.15, 0.2) is 5.82 Å². The molecule has 1 amide bonds. The van der Waals surface area contributed by atoms with E-state index in [9.17, 15) is 13.6 Å². The molecule has 1 saturated carbocycles. The summed E-state index contributed by atoms with van der Waals surface area (Å²) in [4.78, 5) is 21.3. The second kappa shape index (κ2) is 6.71. The Kier molecular flexibility index (Phi) is 4.41. The van der Waals surface area contributed by atoms with Crippen molar-refractivity contribution < 1.29 is 13.6 Å². The quantitative estimate of drug-likeness (QED) is 0.873. The number of alkyl halides is 2. The van der Waals surface area contributed by atoms with Crippen molar-refractivity contribution >= 4 is 16.9 Å². The third-order valence-corrected chi connectivity index (χ3v) is 5.23. The zero-order chi connectivity index (χ0) is 17.4. The van der Waals surface area contributed by atoms with Crippen LogP contribution in [0.4, 0.5) is 8.78 Å². The SMILES string of the molecule is O=C(NCC1CCN(C2CC2)CC1)c1ccc2nc(C(F)F)[nH]c2c1. The van der Waals surface area contributed by atoms with Crippen LogP contribution in [0.1, 0.15) is 48.3 Å². The number of imidazole rings is 1. The molecule has 1 aliphatic heterocycles. The van der Waals surface area contributed by atoms with Gasteiger partial charge in [-0.05, 0) is 62.9 Å². The minimum Gasteiger partial charge on any atom is -0.352 e. The van der Waals surface area contributed by atoms with Gasteiger partial charge in [0, 0.05) is 18.2 Å². The van der Waals surface area contributed by atoms with E-state index in [2.05, 4.69) is 20.2 Å². The molecule has 2 heterocycles. The third-order valence-electron chi connectivity index (χ3n) is 5.23. The van der Waals surface area contributed by atoms with E-state index in [1.54, 1.807) is 18.2 Å². The van der Waals surface area contributed by atoms with Crippen molar-refractivity contribution in [2.75, 3.05) is 19.6 Å². The zero-order valence-corrected chi connectivity index (χ0v) is 14.0. The molecule has 25 heavy (non-hydrogen) atoms. The van der Waals surface area contributed by atoms with Gasteiger partial charge in [-0.1, -0.05) is 0 Å². The van der Waals surface area contributed by atoms with E-state index in [1.165, 1.54) is 12.8 Å². The van der Waals surface area contributed by atoms with Gasteiger partial charge in [0.2, 0.25) is 0 Å². The van der Waals surface area contributed by atoms with E-state index in [-0.39, 0.29) is 11.7 Å². The van der Waals surface area contributed by atoms with E-state index in [0.717, 1.165) is 32.0 Å². The number of benzene rings is 1. The molecule has 1 aromatic heterocycles. The molecule has 1 aliphatic carbocycles. The number of hydrogen-bond acceptors (Lipinski definition) is 3. The lowest BCUT2D eigenvalue weighted by molar-refractivity contribution is 0.0935. The smallest absolute Gasteiger partial charge is 0.295 e. The summed E-state index contributed by atoms with van der Waals surface area (Å²) in [7, 11) is 0. The average Bonchev–Trinajstić information content (AvgIpc) is 3.38. The van der Waals surface area contributed by atoms with Gasteiger partial charge in [-0.2, -0.15) is 0 Å². The second-order valence-corrected chi connectivity index (χ2v) is 7.08. The number of aromatic amines is 1. The van der Waals surface area contributed by atoms with Crippen LogP contribution in [-0.2, 0) is 0 Å². The summed E-state index contributed by atoms with van der Waals surface area (Å²) in [6, 6.07) is 5.62. The van der Waals surface area contributed by atoms with Gasteiger partial charge >= 0.3 is 0 Å². The van der Waals surface area contributed by atoms with Gasteiger partial charge in [-0.25, -0.2) is 13.8 Å². The van der Waals surface area contributed by atoms with Gasteiger partial charge < -0.3 is 15.2 Å². The van der Waals surface area contributed by atoms with Crippen LogP contribution in [0.25, 0.3) is 11.0 Å². The van der Waals surface area contributed by atoms with Gasteiger partial charge in [0.05, 0.1) is 11.0 Å². The van der Waals surface area contributed by atoms with Crippen molar-refractivity contribution in [1.82, 2.24) is 20.2 Å². The van der Waals surface area contributed by atoms with Crippen molar-refractivity contribution in [1.29, 1.82) is 0 Å². The van der Waals surface area contributed by atoms with Crippen LogP contribution in [0, 0.1) is 5.92 Å². The summed E-state index contributed by atoms with van der Waals surface area (Å²) in [6.45, 7) is 2.92. The molecule has 0 radical (unpaired) electrons. The first-order chi connectivity index (χ1) is 12.1. The summed E-state index contributed by atoms with van der Waals surface area (Å²) >= 11 is 0. The molecule has 2 N–H and O–H groups in total. The van der Waals surface area contributed by atoms with Gasteiger partial charge in [0.1, 0.15) is 0 Å². The molecule has 134 valence electrons. The van der Waals surface area contributed by atoms with E-state index in [1.807, 2.05) is 0 Å². The number of H-pyrrole nitrogens is 1. The van der Waals surface area contributed by atoms with Crippen molar-refractivity contribution in [2.24, 2.45) is 5.92 Å². The Balaban J connectivity index is 1.33. The number of amides is 1. The number of halogens is 2. The first-order valence-corrected chi connectivity index (χ1v) is 8.90. The Hall–Kier alpha value is -2.02. The third kappa shape index (κ3) is 3.66. The molecule has 4 rings (SSSR count). The number of carbonyl (C=O) groups excluding carboxylic acids is 1. The van der Waals surface area contributed by atoms with E-state index in [0.29, 0.717) is 29.1 Å². The maximum absolute atomic E-state index is 12.7. The molecular formula is C18H22F2N4O. The van der Waals surface area contributed by atoms with Crippen LogP contribution in [-0.4, -0.2) is 46.5 Å². The van der Waals surface area contributed by atoms with Gasteiger partial charge in [-0.15, -0.1) is 0 Å². The van der Waals surface area contributed by atoms with Crippen molar-refractivity contribution in [2.45, 2.75) is 38.2 Å². The van der Waals surface area contributed by atoms with Crippen LogP contribution in [0.5, 0.6) is 0 Å². The molecular weight excluding hydrogens is 326 g/mol. The monoisotopic (exact) mass is 348 g/mol. The highest BCUT2D eigenvalue weighted by Gasteiger charge is 2.31. The minimum absolute atomic E-state index is 0.167. The molecule has 0 unspecified atom stereocenters. The number of likely N-dealkylation sites (tertiary alicyclic amines) is 1. The lowest BCUT2D eigenvalue weighted by Gasteiger charge is -2.32. The molecule has 7 heteroatoms. The Bertz CT molecular complexity index is 764. The number of carbonyl (C=O) groups is 1. The molecule has 0 spiro atoms. The maximum Gasteiger partial charge on any atom is 0.295 e. The predicted octanol–water partition coefficient (Wildman–Crippen LogP) is 3.10. The van der Waals surface area contributed by atoms with Crippen molar-refractivity contribution in [3.63, 3.8) is 0 Å². The highest BCUT2D eigenvalue weighted by atomic mass is 19.3. The Morgan fingerprint density at radius 1 is 1.28 bits per heavy atom. The average molecular weight is 348 g/mol. The summed E-state index contributed by atoms with van der Waals surface area (Å²) in [5.41, 5.74) is 1.37. The normalized spacial score (nSPS) is 19.6. The molecule has 0 atom stereocenters. The first kappa shape index (κ1) is 16.4. The maximum atomic E-state index is 12.7. The highest BCUT2D eigenvalue weighted by Crippen LogP contribution is 2.30. The molecule has 5 nitrogen and oxygen atoms in total. The first-order valence-electron chi connectivity index (χ1n) is 8.90. The van der Waals surface area contributed by atoms with E-state index < -0.39 is 6.43 Å². The van der Waals surface area contributed by atoms with E-state index >= 15 is 0 Å². The fourth-order valence-electron chi connectivity index (χ4n) is 3.57. The van der Waals surface area contributed by atoms with Crippen LogP contribution in [0.3, 0.4) is 0 Å². The minimum atomic E-state index is -2.65. The lowest BCUT2D eigenvalue weighted by Crippen LogP contribution is -2.39. The summed E-state index contributed by atoms with van der Waals surface area (Å²) in [5.74, 6) is -0.0185. The lowest BCUT2D eigenvalue weighted by atomic mass is 9.96. The number of fused-ring (bicyclic) bond motifs is 1. The van der Waals surface area contributed by atoms with Gasteiger partial charge in [-0.3, -0.25) is 4.79 Å². The zero-order valence-electron chi connectivity index (χ0n) is 14.0. The number of nitrogens with zero attached hydrogens (tertiary/aromatic N) is 2. The predicted molar refractivity (Wildman–Crippen MR) is 90.7 cm³/mol. The number of hydrogen-bond donors (Lipinski definition) is 2. The van der Waals surface area contributed by atoms with Crippen molar-refractivity contribution in [3.05, 3.63) is 29.6 Å². The largest absolute Gasteiger partial charge is 0.352 e. The van der Waals surface area contributed by atoms with Crippen LogP contribution >= 0.6 is 0 Å². The van der Waals surface area contributed by atoms with Gasteiger partial charge in [0.25, 0.3) is 12.3 Å². The highest BCUT2D eigenvalue weighted by molar-refractivity contribution is 5.97. The number of nitrogens with one attached hydrogen (secondary N) is 2. The molecule has 2 fully saturated rings. The van der Waals surface area contributed by atoms with Crippen molar-refractivity contribution in [3.8, 4) is 0 Å². The molecule has 2 aromatic rings. The number of aromatic nitrogens is 2. The summed E-state index contributed by atoms with van der Waals surface area (Å²) in [6.07, 6.45) is 2.27. The summed E-state index contributed by atoms with van der Waals surface area (Å²) < 4.78 is 25.4. The van der Waals surface area contributed by atoms with Crippen LogP contribution < -0.4 is 5.32 Å². The Morgan fingerprint density at radius 3 is 2.72 bits per heavy atom. The second-order valence-electron chi connectivity index (χ2n) is 7.08. The Labute approximate surface area is 144 Å². The molecule has 1 saturated heterocycles. The van der Waals surface area contributed by atoms with E-state index in [4.69, 9.17) is 0 Å². The molecule has 1 aromatic carbocycles. The fraction of sp³-hybridized carbons (Fsp3) is 0.556. The van der Waals surface area contributed by atoms with Crippen LogP contribution in [0.2, 0.25) is 0 Å². The fourth-order valence-corrected chi connectivity index (χ4v) is 3.57. The standard InChI is InChI=1S/C18H22F2N4O/c19-16(20)17-22-14-4-1-12(9-15(14)23-17)18(25)21-10-11-5-7-24(8-6-11)13-2-3-13/h1,4,9,11,13,16H,2-3,5-8,10H2,(H,21,25)(H,22,23).